The number of carbonyl (C=O) groups is 3. The average Bonchev–Trinajstić information content (AvgIpc) is 2.76. The maximum absolute atomic E-state index is 12.5. The fourth-order valence-corrected chi connectivity index (χ4v) is 3.94. The highest BCUT2D eigenvalue weighted by Gasteiger charge is 2.28. The molecule has 2 aromatic rings. The molecular formula is C20H22N4O7S. The molecule has 2 atom stereocenters. The number of fused-ring (bicyclic) bond motifs is 1. The number of nitrogens with one attached hydrogen (secondary N) is 4. The van der Waals surface area contributed by atoms with E-state index in [2.05, 4.69) is 20.9 Å². The Morgan fingerprint density at radius 1 is 1.00 bits per heavy atom. The molecule has 3 rings (SSSR count). The maximum atomic E-state index is 12.5. The van der Waals surface area contributed by atoms with E-state index in [9.17, 15) is 22.8 Å². The Hall–Kier alpha value is -3.64. The van der Waals surface area contributed by atoms with Crippen LogP contribution in [0, 0.1) is 0 Å². The fraction of sp³-hybridized carbons (Fsp3) is 0.250. The third-order valence-corrected chi connectivity index (χ3v) is 5.88. The van der Waals surface area contributed by atoms with E-state index in [0.717, 1.165) is 0 Å². The first-order valence-electron chi connectivity index (χ1n) is 9.54. The van der Waals surface area contributed by atoms with Crippen LogP contribution in [-0.4, -0.2) is 44.9 Å². The molecule has 0 spiro atoms. The third-order valence-electron chi connectivity index (χ3n) is 4.32. The highest BCUT2D eigenvalue weighted by atomic mass is 32.2. The van der Waals surface area contributed by atoms with Crippen LogP contribution in [0.15, 0.2) is 53.4 Å². The number of hydrogen-bond donors (Lipinski definition) is 4. The van der Waals surface area contributed by atoms with E-state index in [-0.39, 0.29) is 17.4 Å². The Labute approximate surface area is 184 Å². The molecule has 1 aliphatic rings. The zero-order valence-electron chi connectivity index (χ0n) is 17.2. The van der Waals surface area contributed by atoms with Crippen molar-refractivity contribution in [2.24, 2.45) is 0 Å². The van der Waals surface area contributed by atoms with Crippen LogP contribution in [0.2, 0.25) is 0 Å². The van der Waals surface area contributed by atoms with Gasteiger partial charge < -0.3 is 14.8 Å². The molecule has 1 unspecified atom stereocenters. The summed E-state index contributed by atoms with van der Waals surface area (Å²) >= 11 is 0. The molecule has 170 valence electrons. The molecule has 12 heteroatoms. The minimum absolute atomic E-state index is 0.0462. The van der Waals surface area contributed by atoms with Crippen molar-refractivity contribution in [2.75, 3.05) is 11.9 Å². The Morgan fingerprint density at radius 2 is 1.66 bits per heavy atom. The monoisotopic (exact) mass is 462 g/mol. The van der Waals surface area contributed by atoms with Gasteiger partial charge in [-0.25, -0.2) is 8.42 Å². The zero-order chi connectivity index (χ0) is 23.3. The molecule has 1 aliphatic heterocycles. The molecule has 11 nitrogen and oxygen atoms in total. The van der Waals surface area contributed by atoms with Crippen molar-refractivity contribution in [1.29, 1.82) is 0 Å². The van der Waals surface area contributed by atoms with Gasteiger partial charge in [0.1, 0.15) is 6.61 Å². The smallest absolute Gasteiger partial charge is 0.283 e. The van der Waals surface area contributed by atoms with Crippen LogP contribution >= 0.6 is 0 Å². The van der Waals surface area contributed by atoms with Crippen LogP contribution in [0.25, 0.3) is 0 Å². The summed E-state index contributed by atoms with van der Waals surface area (Å²) in [5.74, 6) is -0.824. The molecule has 32 heavy (non-hydrogen) atoms. The fourth-order valence-electron chi connectivity index (χ4n) is 2.74. The van der Waals surface area contributed by atoms with Gasteiger partial charge in [0.25, 0.3) is 11.8 Å². The van der Waals surface area contributed by atoms with Gasteiger partial charge in [-0.2, -0.15) is 4.72 Å². The zero-order valence-corrected chi connectivity index (χ0v) is 18.1. The predicted octanol–water partition coefficient (Wildman–Crippen LogP) is 0.299. The summed E-state index contributed by atoms with van der Waals surface area (Å²) in [5, 5.41) is 2.52. The number of hydrazine groups is 1. The third kappa shape index (κ3) is 5.74. The van der Waals surface area contributed by atoms with E-state index in [1.54, 1.807) is 24.3 Å². The first-order valence-corrected chi connectivity index (χ1v) is 11.0. The summed E-state index contributed by atoms with van der Waals surface area (Å²) in [6.45, 7) is 2.61. The van der Waals surface area contributed by atoms with Gasteiger partial charge in [0.05, 0.1) is 10.9 Å². The number of hydrogen-bond acceptors (Lipinski definition) is 7. The Kier molecular flexibility index (Phi) is 6.95. The van der Waals surface area contributed by atoms with Gasteiger partial charge in [-0.3, -0.25) is 25.2 Å². The summed E-state index contributed by atoms with van der Waals surface area (Å²) in [6, 6.07) is 11.1. The lowest BCUT2D eigenvalue weighted by molar-refractivity contribution is -0.135. The number of rotatable bonds is 6. The molecule has 0 fully saturated rings. The van der Waals surface area contributed by atoms with Crippen molar-refractivity contribution in [3.8, 4) is 11.5 Å². The summed E-state index contributed by atoms with van der Waals surface area (Å²) in [7, 11) is -4.02. The molecule has 0 radical (unpaired) electrons. The van der Waals surface area contributed by atoms with E-state index < -0.39 is 34.0 Å². The largest absolute Gasteiger partial charge is 0.485 e. The molecule has 2 aromatic carbocycles. The first-order chi connectivity index (χ1) is 15.2. The van der Waals surface area contributed by atoms with Crippen molar-refractivity contribution >= 4 is 33.4 Å². The van der Waals surface area contributed by atoms with Crippen molar-refractivity contribution < 1.29 is 32.3 Å². The van der Waals surface area contributed by atoms with E-state index in [1.807, 2.05) is 0 Å². The minimum Gasteiger partial charge on any atom is -0.485 e. The average molecular weight is 462 g/mol. The number of benzene rings is 2. The molecular weight excluding hydrogens is 440 g/mol. The summed E-state index contributed by atoms with van der Waals surface area (Å²) in [4.78, 5) is 35.4. The lowest BCUT2D eigenvalue weighted by atomic mass is 10.2. The normalized spacial score (nSPS) is 15.9. The Bertz CT molecular complexity index is 1120. The van der Waals surface area contributed by atoms with E-state index in [0.29, 0.717) is 17.2 Å². The number of para-hydroxylation sites is 2. The van der Waals surface area contributed by atoms with Crippen LogP contribution < -0.4 is 30.4 Å². The van der Waals surface area contributed by atoms with Gasteiger partial charge in [0.15, 0.2) is 11.5 Å². The summed E-state index contributed by atoms with van der Waals surface area (Å²) in [6.07, 6.45) is -0.987. The first kappa shape index (κ1) is 23.0. The van der Waals surface area contributed by atoms with E-state index in [1.165, 1.54) is 38.1 Å². The number of ether oxygens (including phenoxy) is 2. The molecule has 0 saturated carbocycles. The van der Waals surface area contributed by atoms with Crippen LogP contribution in [0.1, 0.15) is 13.8 Å². The van der Waals surface area contributed by atoms with Crippen LogP contribution in [0.4, 0.5) is 5.69 Å². The van der Waals surface area contributed by atoms with Gasteiger partial charge in [0.2, 0.25) is 22.0 Å². The molecule has 0 aliphatic carbocycles. The van der Waals surface area contributed by atoms with Crippen molar-refractivity contribution in [3.05, 3.63) is 48.5 Å². The lowest BCUT2D eigenvalue weighted by Crippen LogP contribution is -2.55. The molecule has 0 saturated heterocycles. The predicted molar refractivity (Wildman–Crippen MR) is 113 cm³/mol. The van der Waals surface area contributed by atoms with Gasteiger partial charge >= 0.3 is 0 Å². The number of carbonyl (C=O) groups excluding carboxylic acids is 3. The topological polar surface area (TPSA) is 152 Å². The van der Waals surface area contributed by atoms with Crippen LogP contribution in [0.5, 0.6) is 11.5 Å². The SMILES string of the molecule is CC(=O)Nc1ccc(S(=O)(=O)N[C@@H](C)C(=O)NNC(=O)C2COc3ccccc3O2)cc1. The summed E-state index contributed by atoms with van der Waals surface area (Å²) < 4.78 is 38.2. The second kappa shape index (κ2) is 9.66. The quantitative estimate of drug-likeness (QED) is 0.451. The van der Waals surface area contributed by atoms with E-state index in [4.69, 9.17) is 9.47 Å². The molecule has 4 N–H and O–H groups in total. The highest BCUT2D eigenvalue weighted by Crippen LogP contribution is 2.30. The standard InChI is InChI=1S/C20H22N4O7S/c1-12(24-32(28,29)15-9-7-14(8-10-15)21-13(2)25)19(26)22-23-20(27)18-11-30-16-5-3-4-6-17(16)31-18/h3-10,12,18,24H,11H2,1-2H3,(H,21,25)(H,22,26)(H,23,27)/t12-,18?/m0/s1. The number of anilines is 1. The Morgan fingerprint density at radius 3 is 2.31 bits per heavy atom. The van der Waals surface area contributed by atoms with Crippen LogP contribution in [0.3, 0.4) is 0 Å². The van der Waals surface area contributed by atoms with Crippen molar-refractivity contribution in [1.82, 2.24) is 15.6 Å². The van der Waals surface area contributed by atoms with Crippen LogP contribution in [-0.2, 0) is 24.4 Å². The van der Waals surface area contributed by atoms with Crippen molar-refractivity contribution in [2.45, 2.75) is 30.9 Å². The molecule has 0 bridgehead atoms. The van der Waals surface area contributed by atoms with Gasteiger partial charge in [-0.1, -0.05) is 12.1 Å². The van der Waals surface area contributed by atoms with Crippen molar-refractivity contribution in [3.63, 3.8) is 0 Å². The second-order valence-corrected chi connectivity index (χ2v) is 8.61. The van der Waals surface area contributed by atoms with Gasteiger partial charge in [0, 0.05) is 12.6 Å². The number of sulfonamides is 1. The lowest BCUT2D eigenvalue weighted by Gasteiger charge is -2.25. The maximum Gasteiger partial charge on any atom is 0.283 e. The highest BCUT2D eigenvalue weighted by molar-refractivity contribution is 7.89. The minimum atomic E-state index is -4.02. The summed E-state index contributed by atoms with van der Waals surface area (Å²) in [5.41, 5.74) is 4.79. The Balaban J connectivity index is 1.52. The van der Waals surface area contributed by atoms with Gasteiger partial charge in [-0.05, 0) is 43.3 Å². The van der Waals surface area contributed by atoms with Gasteiger partial charge in [-0.15, -0.1) is 0 Å². The molecule has 0 aromatic heterocycles. The number of amides is 3. The second-order valence-electron chi connectivity index (χ2n) is 6.89. The molecule has 1 heterocycles. The van der Waals surface area contributed by atoms with E-state index >= 15 is 0 Å². The molecule has 3 amide bonds.